The van der Waals surface area contributed by atoms with Crippen molar-refractivity contribution in [3.8, 4) is 5.75 Å². The van der Waals surface area contributed by atoms with E-state index in [9.17, 15) is 14.4 Å². The Morgan fingerprint density at radius 2 is 2.00 bits per heavy atom. The number of carboxylic acids is 1. The van der Waals surface area contributed by atoms with Crippen LogP contribution < -0.4 is 4.74 Å². The Kier molecular flexibility index (Phi) is 7.97. The van der Waals surface area contributed by atoms with Crippen molar-refractivity contribution < 1.29 is 24.2 Å². The molecule has 0 aliphatic carbocycles. The Hall–Kier alpha value is -2.22. The molecule has 1 fully saturated rings. The number of amides is 2. The molecule has 1 aromatic carbocycles. The normalized spacial score (nSPS) is 16.7. The van der Waals surface area contributed by atoms with Gasteiger partial charge in [-0.3, -0.25) is 14.4 Å². The number of rotatable bonds is 8. The standard InChI is InChI=1S/C19H26N2O5S/c1-3-26-15-6-8-16(9-7-15)27-13-18(23)20(2)12-17(22)21-10-4-5-14(11-21)19(24)25/h6-9,14H,3-5,10-13H2,1-2H3,(H,24,25). The van der Waals surface area contributed by atoms with Gasteiger partial charge in [-0.1, -0.05) is 0 Å². The first-order valence-corrected chi connectivity index (χ1v) is 9.99. The Morgan fingerprint density at radius 1 is 1.30 bits per heavy atom. The van der Waals surface area contributed by atoms with Gasteiger partial charge >= 0.3 is 5.97 Å². The third-order valence-corrected chi connectivity index (χ3v) is 5.42. The van der Waals surface area contributed by atoms with E-state index in [1.54, 1.807) is 11.9 Å². The van der Waals surface area contributed by atoms with E-state index in [0.717, 1.165) is 10.6 Å². The van der Waals surface area contributed by atoms with Crippen molar-refractivity contribution in [1.29, 1.82) is 0 Å². The molecule has 1 atom stereocenters. The van der Waals surface area contributed by atoms with Crippen molar-refractivity contribution in [2.75, 3.05) is 39.0 Å². The van der Waals surface area contributed by atoms with Crippen molar-refractivity contribution in [1.82, 2.24) is 9.80 Å². The van der Waals surface area contributed by atoms with Crippen LogP contribution in [-0.2, 0) is 14.4 Å². The van der Waals surface area contributed by atoms with Gasteiger partial charge < -0.3 is 19.6 Å². The van der Waals surface area contributed by atoms with Crippen LogP contribution in [0.15, 0.2) is 29.2 Å². The largest absolute Gasteiger partial charge is 0.494 e. The number of likely N-dealkylation sites (tertiary alicyclic amines) is 1. The predicted molar refractivity (Wildman–Crippen MR) is 103 cm³/mol. The van der Waals surface area contributed by atoms with Gasteiger partial charge in [-0.25, -0.2) is 0 Å². The van der Waals surface area contributed by atoms with E-state index in [1.165, 1.54) is 16.7 Å². The number of nitrogens with zero attached hydrogens (tertiary/aromatic N) is 2. The average molecular weight is 394 g/mol. The topological polar surface area (TPSA) is 87.2 Å². The van der Waals surface area contributed by atoms with Gasteiger partial charge in [0.05, 0.1) is 24.8 Å². The van der Waals surface area contributed by atoms with Crippen LogP contribution in [0.4, 0.5) is 0 Å². The number of likely N-dealkylation sites (N-methyl/N-ethyl adjacent to an activating group) is 1. The minimum Gasteiger partial charge on any atom is -0.494 e. The molecule has 1 heterocycles. The number of aliphatic carboxylic acids is 1. The van der Waals surface area contributed by atoms with Crippen molar-refractivity contribution in [2.24, 2.45) is 5.92 Å². The molecule has 1 aliphatic heterocycles. The van der Waals surface area contributed by atoms with Crippen LogP contribution in [0.1, 0.15) is 19.8 Å². The Bertz CT molecular complexity index is 665. The highest BCUT2D eigenvalue weighted by molar-refractivity contribution is 8.00. The third kappa shape index (κ3) is 6.46. The molecule has 1 aromatic rings. The maximum absolute atomic E-state index is 12.4. The van der Waals surface area contributed by atoms with Gasteiger partial charge in [0.2, 0.25) is 11.8 Å². The summed E-state index contributed by atoms with van der Waals surface area (Å²) in [7, 11) is 1.59. The van der Waals surface area contributed by atoms with Crippen LogP contribution in [0.25, 0.3) is 0 Å². The van der Waals surface area contributed by atoms with Gasteiger partial charge in [-0.2, -0.15) is 0 Å². The number of piperidine rings is 1. The fourth-order valence-corrected chi connectivity index (χ4v) is 3.69. The van der Waals surface area contributed by atoms with Crippen LogP contribution in [0.5, 0.6) is 5.75 Å². The van der Waals surface area contributed by atoms with Gasteiger partial charge in [0.15, 0.2) is 0 Å². The zero-order chi connectivity index (χ0) is 19.8. The summed E-state index contributed by atoms with van der Waals surface area (Å²) in [6.45, 7) is 3.26. The number of hydrogen-bond acceptors (Lipinski definition) is 5. The number of carboxylic acid groups (broad SMARTS) is 1. The molecule has 1 N–H and O–H groups in total. The molecule has 0 bridgehead atoms. The number of carbonyl (C=O) groups is 3. The number of thioether (sulfide) groups is 1. The Balaban J connectivity index is 1.79. The van der Waals surface area contributed by atoms with Crippen LogP contribution in [-0.4, -0.2) is 71.7 Å². The highest BCUT2D eigenvalue weighted by atomic mass is 32.2. The summed E-state index contributed by atoms with van der Waals surface area (Å²) >= 11 is 1.40. The summed E-state index contributed by atoms with van der Waals surface area (Å²) in [5.74, 6) is -0.716. The van der Waals surface area contributed by atoms with Crippen LogP contribution in [0.2, 0.25) is 0 Å². The van der Waals surface area contributed by atoms with Gasteiger partial charge in [-0.05, 0) is 44.0 Å². The minimum atomic E-state index is -0.872. The summed E-state index contributed by atoms with van der Waals surface area (Å²) in [5.41, 5.74) is 0. The minimum absolute atomic E-state index is 0.0327. The van der Waals surface area contributed by atoms with E-state index < -0.39 is 11.9 Å². The first-order chi connectivity index (χ1) is 12.9. The molecule has 148 valence electrons. The molecule has 2 amide bonds. The van der Waals surface area contributed by atoms with E-state index >= 15 is 0 Å². The molecule has 1 saturated heterocycles. The maximum Gasteiger partial charge on any atom is 0.308 e. The molecule has 27 heavy (non-hydrogen) atoms. The molecular weight excluding hydrogens is 368 g/mol. The molecule has 1 unspecified atom stereocenters. The summed E-state index contributed by atoms with van der Waals surface area (Å²) in [6.07, 6.45) is 1.26. The molecule has 0 saturated carbocycles. The second-order valence-corrected chi connectivity index (χ2v) is 7.51. The van der Waals surface area contributed by atoms with E-state index in [0.29, 0.717) is 26.0 Å². The fraction of sp³-hybridized carbons (Fsp3) is 0.526. The molecule has 0 radical (unpaired) electrons. The molecular formula is C19H26N2O5S. The average Bonchev–Trinajstić information content (AvgIpc) is 2.67. The van der Waals surface area contributed by atoms with Gasteiger partial charge in [0.1, 0.15) is 5.75 Å². The zero-order valence-corrected chi connectivity index (χ0v) is 16.5. The first kappa shape index (κ1) is 21.1. The lowest BCUT2D eigenvalue weighted by molar-refractivity contribution is -0.147. The molecule has 0 aromatic heterocycles. The van der Waals surface area contributed by atoms with Crippen molar-refractivity contribution >= 4 is 29.5 Å². The lowest BCUT2D eigenvalue weighted by atomic mass is 9.98. The molecule has 2 rings (SSSR count). The second-order valence-electron chi connectivity index (χ2n) is 6.46. The van der Waals surface area contributed by atoms with Crippen molar-refractivity contribution in [3.05, 3.63) is 24.3 Å². The summed E-state index contributed by atoms with van der Waals surface area (Å²) in [6, 6.07) is 7.51. The number of hydrogen-bond donors (Lipinski definition) is 1. The highest BCUT2D eigenvalue weighted by Gasteiger charge is 2.28. The molecule has 0 spiro atoms. The van der Waals surface area contributed by atoms with Gasteiger partial charge in [0.25, 0.3) is 0 Å². The summed E-state index contributed by atoms with van der Waals surface area (Å²) in [5, 5.41) is 9.12. The number of benzene rings is 1. The first-order valence-electron chi connectivity index (χ1n) is 9.01. The smallest absolute Gasteiger partial charge is 0.308 e. The van der Waals surface area contributed by atoms with Crippen LogP contribution in [0, 0.1) is 5.92 Å². The van der Waals surface area contributed by atoms with E-state index in [-0.39, 0.29) is 30.7 Å². The van der Waals surface area contributed by atoms with Crippen LogP contribution >= 0.6 is 11.8 Å². The van der Waals surface area contributed by atoms with Gasteiger partial charge in [-0.15, -0.1) is 11.8 Å². The quantitative estimate of drug-likeness (QED) is 0.678. The monoisotopic (exact) mass is 394 g/mol. The molecule has 7 nitrogen and oxygen atoms in total. The van der Waals surface area contributed by atoms with Crippen LogP contribution in [0.3, 0.4) is 0 Å². The summed E-state index contributed by atoms with van der Waals surface area (Å²) in [4.78, 5) is 39.7. The predicted octanol–water partition coefficient (Wildman–Crippen LogP) is 1.96. The van der Waals surface area contributed by atoms with Gasteiger partial charge in [0, 0.05) is 25.0 Å². The van der Waals surface area contributed by atoms with E-state index in [2.05, 4.69) is 0 Å². The maximum atomic E-state index is 12.4. The summed E-state index contributed by atoms with van der Waals surface area (Å²) < 4.78 is 5.39. The van der Waals surface area contributed by atoms with E-state index in [4.69, 9.17) is 9.84 Å². The SMILES string of the molecule is CCOc1ccc(SCC(=O)N(C)CC(=O)N2CCCC(C(=O)O)C2)cc1. The lowest BCUT2D eigenvalue weighted by Crippen LogP contribution is -2.47. The van der Waals surface area contributed by atoms with Crippen molar-refractivity contribution in [2.45, 2.75) is 24.7 Å². The molecule has 1 aliphatic rings. The zero-order valence-electron chi connectivity index (χ0n) is 15.7. The second kappa shape index (κ2) is 10.2. The Morgan fingerprint density at radius 3 is 2.63 bits per heavy atom. The lowest BCUT2D eigenvalue weighted by Gasteiger charge is -2.32. The Labute approximate surface area is 163 Å². The third-order valence-electron chi connectivity index (χ3n) is 4.42. The van der Waals surface area contributed by atoms with E-state index in [1.807, 2.05) is 31.2 Å². The number of carbonyl (C=O) groups excluding carboxylic acids is 2. The fourth-order valence-electron chi connectivity index (χ4n) is 2.85. The molecule has 8 heteroatoms. The van der Waals surface area contributed by atoms with Crippen molar-refractivity contribution in [3.63, 3.8) is 0 Å². The number of ether oxygens (including phenoxy) is 1. The highest BCUT2D eigenvalue weighted by Crippen LogP contribution is 2.22.